The van der Waals surface area contributed by atoms with E-state index in [1.807, 2.05) is 31.3 Å². The monoisotopic (exact) mass is 270 g/mol. The molecule has 0 unspecified atom stereocenters. The maximum absolute atomic E-state index is 5.37. The van der Waals surface area contributed by atoms with Crippen LogP contribution in [0.1, 0.15) is 30.6 Å². The number of nitrogens with zero attached hydrogens (tertiary/aromatic N) is 1. The molecule has 3 heteroatoms. The lowest BCUT2D eigenvalue weighted by atomic mass is 10.0. The summed E-state index contributed by atoms with van der Waals surface area (Å²) in [6.45, 7) is 4.51. The molecule has 0 aliphatic heterocycles. The number of rotatable bonds is 8. The number of hydrogen-bond donors (Lipinski definition) is 1. The van der Waals surface area contributed by atoms with E-state index in [-0.39, 0.29) is 6.04 Å². The molecule has 1 aromatic heterocycles. The summed E-state index contributed by atoms with van der Waals surface area (Å²) < 4.78 is 5.37. The molecule has 2 rings (SSSR count). The highest BCUT2D eigenvalue weighted by molar-refractivity contribution is 5.27. The van der Waals surface area contributed by atoms with Crippen LogP contribution in [0.4, 0.5) is 0 Å². The molecule has 0 aliphatic carbocycles. The average Bonchev–Trinajstić information content (AvgIpc) is 2.53. The van der Waals surface area contributed by atoms with E-state index in [1.165, 1.54) is 5.56 Å². The van der Waals surface area contributed by atoms with Gasteiger partial charge in [-0.1, -0.05) is 36.4 Å². The molecule has 0 saturated heterocycles. The van der Waals surface area contributed by atoms with Gasteiger partial charge in [0.15, 0.2) is 0 Å². The molecule has 20 heavy (non-hydrogen) atoms. The number of nitrogens with one attached hydrogen (secondary N) is 1. The molecular weight excluding hydrogens is 248 g/mol. The summed E-state index contributed by atoms with van der Waals surface area (Å²) in [7, 11) is 0. The fraction of sp³-hybridized carbons (Fsp3) is 0.353. The van der Waals surface area contributed by atoms with Crippen LogP contribution in [-0.4, -0.2) is 24.7 Å². The first-order valence-electron chi connectivity index (χ1n) is 7.19. The Morgan fingerprint density at radius 3 is 2.60 bits per heavy atom. The van der Waals surface area contributed by atoms with Crippen molar-refractivity contribution < 1.29 is 4.74 Å². The number of ether oxygens (including phenoxy) is 1. The minimum atomic E-state index is 0.138. The van der Waals surface area contributed by atoms with Gasteiger partial charge in [0.05, 0.1) is 11.7 Å². The van der Waals surface area contributed by atoms with E-state index < -0.39 is 0 Å². The number of benzene rings is 1. The topological polar surface area (TPSA) is 34.1 Å². The summed E-state index contributed by atoms with van der Waals surface area (Å²) in [4.78, 5) is 4.48. The van der Waals surface area contributed by atoms with Crippen LogP contribution < -0.4 is 5.32 Å². The summed E-state index contributed by atoms with van der Waals surface area (Å²) in [5, 5.41) is 3.57. The van der Waals surface area contributed by atoms with Crippen molar-refractivity contribution in [1.82, 2.24) is 10.3 Å². The van der Waals surface area contributed by atoms with Crippen LogP contribution in [-0.2, 0) is 4.74 Å². The van der Waals surface area contributed by atoms with Crippen molar-refractivity contribution in [2.75, 3.05) is 19.8 Å². The fourth-order valence-electron chi connectivity index (χ4n) is 2.15. The zero-order valence-corrected chi connectivity index (χ0v) is 12.0. The Balaban J connectivity index is 2.02. The SMILES string of the molecule is CCOCCCN[C@H](c1ccccc1)c1ccccn1. The van der Waals surface area contributed by atoms with Gasteiger partial charge in [0.2, 0.25) is 0 Å². The van der Waals surface area contributed by atoms with Crippen LogP contribution in [0.5, 0.6) is 0 Å². The Kier molecular flexibility index (Phi) is 6.21. The number of hydrogen-bond acceptors (Lipinski definition) is 3. The molecule has 0 spiro atoms. The average molecular weight is 270 g/mol. The largest absolute Gasteiger partial charge is 0.382 e. The Hall–Kier alpha value is -1.71. The molecule has 1 atom stereocenters. The van der Waals surface area contributed by atoms with Gasteiger partial charge in [-0.15, -0.1) is 0 Å². The minimum Gasteiger partial charge on any atom is -0.382 e. The van der Waals surface area contributed by atoms with Gasteiger partial charge in [-0.25, -0.2) is 0 Å². The lowest BCUT2D eigenvalue weighted by molar-refractivity contribution is 0.144. The van der Waals surface area contributed by atoms with Gasteiger partial charge in [-0.2, -0.15) is 0 Å². The van der Waals surface area contributed by atoms with Gasteiger partial charge in [-0.05, 0) is 37.6 Å². The lowest BCUT2D eigenvalue weighted by Crippen LogP contribution is -2.25. The van der Waals surface area contributed by atoms with E-state index in [9.17, 15) is 0 Å². The van der Waals surface area contributed by atoms with Crippen molar-refractivity contribution in [2.45, 2.75) is 19.4 Å². The van der Waals surface area contributed by atoms with E-state index in [4.69, 9.17) is 4.74 Å². The predicted octanol–water partition coefficient (Wildman–Crippen LogP) is 3.19. The zero-order chi connectivity index (χ0) is 14.0. The van der Waals surface area contributed by atoms with Crippen molar-refractivity contribution in [1.29, 1.82) is 0 Å². The zero-order valence-electron chi connectivity index (χ0n) is 12.0. The fourth-order valence-corrected chi connectivity index (χ4v) is 2.15. The van der Waals surface area contributed by atoms with Gasteiger partial charge in [-0.3, -0.25) is 4.98 Å². The van der Waals surface area contributed by atoms with Crippen LogP contribution >= 0.6 is 0 Å². The normalized spacial score (nSPS) is 12.2. The molecule has 0 bridgehead atoms. The van der Waals surface area contributed by atoms with Gasteiger partial charge in [0, 0.05) is 19.4 Å². The first kappa shape index (κ1) is 14.7. The molecule has 0 saturated carbocycles. The molecule has 1 heterocycles. The molecule has 1 N–H and O–H groups in total. The Bertz CT molecular complexity index is 433. The predicted molar refractivity (Wildman–Crippen MR) is 81.6 cm³/mol. The molecular formula is C17H22N2O. The van der Waals surface area contributed by atoms with E-state index in [0.29, 0.717) is 0 Å². The molecule has 2 aromatic rings. The summed E-state index contributed by atoms with van der Waals surface area (Å²) in [5.41, 5.74) is 2.29. The van der Waals surface area contributed by atoms with Crippen LogP contribution in [0.15, 0.2) is 54.7 Å². The standard InChI is InChI=1S/C17H22N2O/c1-2-20-14-8-13-19-17(15-9-4-3-5-10-15)16-11-6-7-12-18-16/h3-7,9-12,17,19H,2,8,13-14H2,1H3/t17-/m1/s1. The van der Waals surface area contributed by atoms with E-state index >= 15 is 0 Å². The Morgan fingerprint density at radius 1 is 1.10 bits per heavy atom. The van der Waals surface area contributed by atoms with E-state index in [0.717, 1.165) is 31.9 Å². The van der Waals surface area contributed by atoms with Crippen LogP contribution in [0.2, 0.25) is 0 Å². The molecule has 0 aliphatic rings. The number of aromatic nitrogens is 1. The summed E-state index contributed by atoms with van der Waals surface area (Å²) in [6, 6.07) is 16.6. The minimum absolute atomic E-state index is 0.138. The van der Waals surface area contributed by atoms with Gasteiger partial charge < -0.3 is 10.1 Å². The highest BCUT2D eigenvalue weighted by atomic mass is 16.5. The van der Waals surface area contributed by atoms with Crippen LogP contribution in [0.3, 0.4) is 0 Å². The quantitative estimate of drug-likeness (QED) is 0.748. The molecule has 0 amide bonds. The second kappa shape index (κ2) is 8.46. The third kappa shape index (κ3) is 4.44. The molecule has 3 nitrogen and oxygen atoms in total. The van der Waals surface area contributed by atoms with Crippen LogP contribution in [0, 0.1) is 0 Å². The van der Waals surface area contributed by atoms with E-state index in [1.54, 1.807) is 0 Å². The van der Waals surface area contributed by atoms with Crippen molar-refractivity contribution in [3.05, 3.63) is 66.0 Å². The Morgan fingerprint density at radius 2 is 1.90 bits per heavy atom. The second-order valence-corrected chi connectivity index (χ2v) is 4.60. The third-order valence-electron chi connectivity index (χ3n) is 3.13. The third-order valence-corrected chi connectivity index (χ3v) is 3.13. The molecule has 0 fully saturated rings. The second-order valence-electron chi connectivity index (χ2n) is 4.60. The van der Waals surface area contributed by atoms with Gasteiger partial charge in [0.25, 0.3) is 0 Å². The first-order valence-corrected chi connectivity index (χ1v) is 7.19. The van der Waals surface area contributed by atoms with E-state index in [2.05, 4.69) is 40.6 Å². The molecule has 0 radical (unpaired) electrons. The first-order chi connectivity index (χ1) is 9.92. The van der Waals surface area contributed by atoms with Gasteiger partial charge >= 0.3 is 0 Å². The maximum atomic E-state index is 5.37. The van der Waals surface area contributed by atoms with Crippen molar-refractivity contribution >= 4 is 0 Å². The van der Waals surface area contributed by atoms with Crippen LogP contribution in [0.25, 0.3) is 0 Å². The number of pyridine rings is 1. The summed E-state index contributed by atoms with van der Waals surface area (Å²) >= 11 is 0. The highest BCUT2D eigenvalue weighted by Gasteiger charge is 2.13. The lowest BCUT2D eigenvalue weighted by Gasteiger charge is -2.18. The maximum Gasteiger partial charge on any atom is 0.0751 e. The smallest absolute Gasteiger partial charge is 0.0751 e. The molecule has 1 aromatic carbocycles. The highest BCUT2D eigenvalue weighted by Crippen LogP contribution is 2.19. The van der Waals surface area contributed by atoms with Crippen molar-refractivity contribution in [3.8, 4) is 0 Å². The van der Waals surface area contributed by atoms with Gasteiger partial charge in [0.1, 0.15) is 0 Å². The summed E-state index contributed by atoms with van der Waals surface area (Å²) in [5.74, 6) is 0. The molecule has 106 valence electrons. The van der Waals surface area contributed by atoms with Crippen molar-refractivity contribution in [3.63, 3.8) is 0 Å². The Labute approximate surface area is 121 Å². The van der Waals surface area contributed by atoms with Crippen molar-refractivity contribution in [2.24, 2.45) is 0 Å². The summed E-state index contributed by atoms with van der Waals surface area (Å²) in [6.07, 6.45) is 2.84.